The summed E-state index contributed by atoms with van der Waals surface area (Å²) < 4.78 is 11.0. The third kappa shape index (κ3) is 4.91. The van der Waals surface area contributed by atoms with Crippen LogP contribution in [-0.4, -0.2) is 41.2 Å². The van der Waals surface area contributed by atoms with E-state index >= 15 is 0 Å². The fourth-order valence-corrected chi connectivity index (χ4v) is 5.23. The van der Waals surface area contributed by atoms with Crippen molar-refractivity contribution < 1.29 is 24.2 Å². The molecule has 0 bridgehead atoms. The molecule has 5 rings (SSSR count). The Morgan fingerprint density at radius 2 is 2.00 bits per heavy atom. The Morgan fingerprint density at radius 1 is 1.17 bits per heavy atom. The number of amides is 1. The van der Waals surface area contributed by atoms with E-state index in [0.29, 0.717) is 50.4 Å². The Hall–Kier alpha value is -3.33. The van der Waals surface area contributed by atoms with Crippen molar-refractivity contribution in [1.29, 1.82) is 0 Å². The van der Waals surface area contributed by atoms with Gasteiger partial charge >= 0.3 is 0 Å². The minimum Gasteiger partial charge on any atom is -0.504 e. The summed E-state index contributed by atoms with van der Waals surface area (Å²) in [7, 11) is 1.54. The number of benzene rings is 2. The quantitative estimate of drug-likeness (QED) is 0.348. The highest BCUT2D eigenvalue weighted by molar-refractivity contribution is 7.09. The molecule has 1 aliphatic rings. The second-order valence-electron chi connectivity index (χ2n) is 8.90. The van der Waals surface area contributed by atoms with E-state index in [2.05, 4.69) is 10.2 Å². The van der Waals surface area contributed by atoms with Crippen LogP contribution >= 0.6 is 11.3 Å². The molecule has 0 aliphatic carbocycles. The van der Waals surface area contributed by atoms with Crippen molar-refractivity contribution in [1.82, 2.24) is 10.2 Å². The van der Waals surface area contributed by atoms with Crippen LogP contribution in [0.25, 0.3) is 11.0 Å². The summed E-state index contributed by atoms with van der Waals surface area (Å²) in [6, 6.07) is 16.8. The Labute approximate surface area is 207 Å². The lowest BCUT2D eigenvalue weighted by atomic mass is 9.84. The van der Waals surface area contributed by atoms with E-state index in [4.69, 9.17) is 9.15 Å². The van der Waals surface area contributed by atoms with Crippen molar-refractivity contribution in [2.75, 3.05) is 20.2 Å². The monoisotopic (exact) mass is 492 g/mol. The normalized spacial score (nSPS) is 15.8. The number of phenolic OH excluding ortho intramolecular Hbond substituents is 1. The Bertz CT molecular complexity index is 1320. The minimum absolute atomic E-state index is 0.163. The molecule has 1 aliphatic heterocycles. The number of piperidine rings is 1. The van der Waals surface area contributed by atoms with E-state index < -0.39 is 5.60 Å². The van der Waals surface area contributed by atoms with Gasteiger partial charge in [-0.2, -0.15) is 0 Å². The zero-order chi connectivity index (χ0) is 24.4. The number of furan rings is 1. The first-order valence-electron chi connectivity index (χ1n) is 11.6. The predicted octanol–water partition coefficient (Wildman–Crippen LogP) is 4.62. The molecule has 0 atom stereocenters. The zero-order valence-corrected chi connectivity index (χ0v) is 20.3. The van der Waals surface area contributed by atoms with E-state index in [0.717, 1.165) is 21.4 Å². The van der Waals surface area contributed by atoms with Crippen LogP contribution in [0, 0.1) is 0 Å². The number of para-hydroxylation sites is 1. The number of ether oxygens (including phenoxy) is 1. The molecule has 7 nitrogen and oxygen atoms in total. The molecule has 0 unspecified atom stereocenters. The summed E-state index contributed by atoms with van der Waals surface area (Å²) in [5, 5.41) is 27.5. The second-order valence-corrected chi connectivity index (χ2v) is 9.93. The van der Waals surface area contributed by atoms with Gasteiger partial charge in [-0.05, 0) is 54.1 Å². The molecule has 1 fully saturated rings. The molecule has 0 saturated carbocycles. The van der Waals surface area contributed by atoms with Crippen LogP contribution in [0.15, 0.2) is 64.4 Å². The number of nitrogens with one attached hydrogen (secondary N) is 1. The number of thiophene rings is 1. The maximum Gasteiger partial charge on any atom is 0.287 e. The fraction of sp³-hybridized carbons (Fsp3) is 0.296. The van der Waals surface area contributed by atoms with Gasteiger partial charge in [-0.3, -0.25) is 9.69 Å². The third-order valence-corrected chi connectivity index (χ3v) is 7.54. The number of phenols is 1. The molecule has 182 valence electrons. The Balaban J connectivity index is 1.25. The first kappa shape index (κ1) is 23.4. The molecule has 0 radical (unpaired) electrons. The van der Waals surface area contributed by atoms with Gasteiger partial charge in [0.25, 0.3) is 5.91 Å². The molecule has 2 aromatic carbocycles. The SMILES string of the molecule is COc1cccc(CN2CCC(O)(c3ccc4oc(C(=O)NCc5cccs5)cc4c3)CC2)c1O. The summed E-state index contributed by atoms with van der Waals surface area (Å²) in [5.74, 6) is 0.623. The van der Waals surface area contributed by atoms with Crippen LogP contribution in [0.2, 0.25) is 0 Å². The molecular formula is C27H28N2O5S. The summed E-state index contributed by atoms with van der Waals surface area (Å²) in [5.41, 5.74) is 1.28. The van der Waals surface area contributed by atoms with Gasteiger partial charge in [0.15, 0.2) is 17.3 Å². The first-order valence-corrected chi connectivity index (χ1v) is 12.5. The van der Waals surface area contributed by atoms with Crippen LogP contribution in [0.5, 0.6) is 11.5 Å². The van der Waals surface area contributed by atoms with Gasteiger partial charge in [0, 0.05) is 35.5 Å². The maximum atomic E-state index is 12.5. The zero-order valence-electron chi connectivity index (χ0n) is 19.5. The highest BCUT2D eigenvalue weighted by Gasteiger charge is 2.34. The van der Waals surface area contributed by atoms with Crippen LogP contribution < -0.4 is 10.1 Å². The van der Waals surface area contributed by atoms with Crippen molar-refractivity contribution in [2.45, 2.75) is 31.5 Å². The Kier molecular flexibility index (Phi) is 6.51. The molecule has 1 saturated heterocycles. The summed E-state index contributed by atoms with van der Waals surface area (Å²) >= 11 is 1.59. The molecule has 1 amide bonds. The van der Waals surface area contributed by atoms with Gasteiger partial charge in [0.2, 0.25) is 0 Å². The van der Waals surface area contributed by atoms with Crippen LogP contribution in [0.1, 0.15) is 39.4 Å². The summed E-state index contributed by atoms with van der Waals surface area (Å²) in [6.07, 6.45) is 1.13. The second kappa shape index (κ2) is 9.73. The summed E-state index contributed by atoms with van der Waals surface area (Å²) in [4.78, 5) is 15.8. The van der Waals surface area contributed by atoms with Gasteiger partial charge in [-0.15, -0.1) is 11.3 Å². The van der Waals surface area contributed by atoms with Gasteiger partial charge in [-0.25, -0.2) is 0 Å². The predicted molar refractivity (Wildman–Crippen MR) is 135 cm³/mol. The number of nitrogens with zero attached hydrogens (tertiary/aromatic N) is 1. The Morgan fingerprint density at radius 3 is 2.74 bits per heavy atom. The average molecular weight is 493 g/mol. The highest BCUT2D eigenvalue weighted by Crippen LogP contribution is 2.37. The van der Waals surface area contributed by atoms with Gasteiger partial charge in [0.05, 0.1) is 19.3 Å². The maximum absolute atomic E-state index is 12.5. The molecular weight excluding hydrogens is 464 g/mol. The highest BCUT2D eigenvalue weighted by atomic mass is 32.1. The molecule has 3 N–H and O–H groups in total. The molecule has 2 aromatic heterocycles. The summed E-state index contributed by atoms with van der Waals surface area (Å²) in [6.45, 7) is 2.42. The van der Waals surface area contributed by atoms with E-state index in [9.17, 15) is 15.0 Å². The molecule has 35 heavy (non-hydrogen) atoms. The van der Waals surface area contributed by atoms with Crippen LogP contribution in [0.4, 0.5) is 0 Å². The molecule has 3 heterocycles. The number of rotatable bonds is 7. The number of carbonyl (C=O) groups excluding carboxylic acids is 1. The smallest absolute Gasteiger partial charge is 0.287 e. The van der Waals surface area contributed by atoms with Crippen molar-refractivity contribution in [3.05, 3.63) is 81.7 Å². The minimum atomic E-state index is -0.958. The lowest BCUT2D eigenvalue weighted by Crippen LogP contribution is -2.42. The number of methoxy groups -OCH3 is 1. The van der Waals surface area contributed by atoms with Crippen molar-refractivity contribution >= 4 is 28.2 Å². The number of aliphatic hydroxyl groups is 1. The van der Waals surface area contributed by atoms with E-state index in [1.807, 2.05) is 47.8 Å². The average Bonchev–Trinajstić information content (AvgIpc) is 3.55. The molecule has 0 spiro atoms. The fourth-order valence-electron chi connectivity index (χ4n) is 4.58. The number of likely N-dealkylation sites (tertiary alicyclic amines) is 1. The van der Waals surface area contributed by atoms with Crippen molar-refractivity contribution in [3.63, 3.8) is 0 Å². The number of carbonyl (C=O) groups is 1. The van der Waals surface area contributed by atoms with Crippen molar-refractivity contribution in [3.8, 4) is 11.5 Å². The first-order chi connectivity index (χ1) is 16.9. The van der Waals surface area contributed by atoms with Crippen LogP contribution in [-0.2, 0) is 18.7 Å². The number of hydrogen-bond acceptors (Lipinski definition) is 7. The van der Waals surface area contributed by atoms with E-state index in [-0.39, 0.29) is 17.4 Å². The lowest BCUT2D eigenvalue weighted by molar-refractivity contribution is -0.0277. The van der Waals surface area contributed by atoms with Gasteiger partial charge in [-0.1, -0.05) is 24.3 Å². The van der Waals surface area contributed by atoms with Gasteiger partial charge < -0.3 is 24.7 Å². The number of hydrogen-bond donors (Lipinski definition) is 3. The number of fused-ring (bicyclic) bond motifs is 1. The largest absolute Gasteiger partial charge is 0.504 e. The molecule has 4 aromatic rings. The van der Waals surface area contributed by atoms with E-state index in [1.165, 1.54) is 7.11 Å². The van der Waals surface area contributed by atoms with E-state index in [1.54, 1.807) is 23.5 Å². The number of aromatic hydroxyl groups is 1. The molecule has 8 heteroatoms. The van der Waals surface area contributed by atoms with Crippen LogP contribution in [0.3, 0.4) is 0 Å². The third-order valence-electron chi connectivity index (χ3n) is 6.66. The topological polar surface area (TPSA) is 95.2 Å². The standard InChI is InChI=1S/C27H28N2O5S/c1-33-23-6-2-4-18(25(23)30)17-29-11-9-27(32,10-12-29)20-7-8-22-19(14-20)15-24(34-22)26(31)28-16-21-5-3-13-35-21/h2-8,13-15,30,32H,9-12,16-17H2,1H3,(H,28,31). The van der Waals surface area contributed by atoms with Crippen molar-refractivity contribution in [2.24, 2.45) is 0 Å². The lowest BCUT2D eigenvalue weighted by Gasteiger charge is -2.38. The van der Waals surface area contributed by atoms with Gasteiger partial charge in [0.1, 0.15) is 5.58 Å².